The summed E-state index contributed by atoms with van der Waals surface area (Å²) in [6, 6.07) is 3.36. The van der Waals surface area contributed by atoms with E-state index in [0.717, 1.165) is 22.7 Å². The van der Waals surface area contributed by atoms with E-state index in [-0.39, 0.29) is 6.42 Å². The molecule has 5 nitrogen and oxygen atoms in total. The van der Waals surface area contributed by atoms with Gasteiger partial charge in [0.25, 0.3) is 0 Å². The van der Waals surface area contributed by atoms with Crippen LogP contribution in [0.2, 0.25) is 10.0 Å². The fourth-order valence-corrected chi connectivity index (χ4v) is 3.08. The lowest BCUT2D eigenvalue weighted by Crippen LogP contribution is -2.29. The molecule has 2 rings (SSSR count). The molecule has 2 aromatic rings. The van der Waals surface area contributed by atoms with Gasteiger partial charge in [0, 0.05) is 28.5 Å². The number of rotatable bonds is 4. The Morgan fingerprint density at radius 1 is 1.35 bits per heavy atom. The number of halogens is 2. The fraction of sp³-hybridized carbons (Fsp3) is 0.250. The largest absolute Gasteiger partial charge is 0.361 e. The van der Waals surface area contributed by atoms with Gasteiger partial charge in [0.1, 0.15) is 0 Å². The van der Waals surface area contributed by atoms with Gasteiger partial charge in [0.2, 0.25) is 15.9 Å². The minimum absolute atomic E-state index is 0.0545. The fourth-order valence-electron chi connectivity index (χ4n) is 1.95. The van der Waals surface area contributed by atoms with Gasteiger partial charge in [-0.25, -0.2) is 8.42 Å². The first kappa shape index (κ1) is 15.2. The van der Waals surface area contributed by atoms with Crippen LogP contribution in [0.5, 0.6) is 0 Å². The second kappa shape index (κ2) is 5.63. The van der Waals surface area contributed by atoms with Crippen molar-refractivity contribution in [2.24, 2.45) is 0 Å². The van der Waals surface area contributed by atoms with E-state index >= 15 is 0 Å². The molecule has 0 spiro atoms. The number of carbonyl (C=O) groups excluding carboxylic acids is 1. The molecule has 0 radical (unpaired) electrons. The molecule has 0 saturated heterocycles. The third-order valence-corrected chi connectivity index (χ3v) is 3.81. The van der Waals surface area contributed by atoms with Gasteiger partial charge in [-0.1, -0.05) is 23.2 Å². The number of sulfonamides is 1. The molecule has 0 bridgehead atoms. The van der Waals surface area contributed by atoms with Crippen molar-refractivity contribution in [1.82, 2.24) is 9.71 Å². The quantitative estimate of drug-likeness (QED) is 0.901. The Morgan fingerprint density at radius 2 is 2.05 bits per heavy atom. The minimum Gasteiger partial charge on any atom is -0.361 e. The summed E-state index contributed by atoms with van der Waals surface area (Å²) in [5.41, 5.74) is 1.62. The monoisotopic (exact) mass is 334 g/mol. The summed E-state index contributed by atoms with van der Waals surface area (Å²) in [7, 11) is -3.52. The zero-order valence-corrected chi connectivity index (χ0v) is 12.9. The summed E-state index contributed by atoms with van der Waals surface area (Å²) in [6.45, 7) is 0. The highest BCUT2D eigenvalue weighted by atomic mass is 35.5. The van der Waals surface area contributed by atoms with Crippen molar-refractivity contribution in [2.75, 3.05) is 6.26 Å². The minimum atomic E-state index is -3.52. The lowest BCUT2D eigenvalue weighted by molar-refractivity contribution is -0.119. The van der Waals surface area contributed by atoms with Crippen LogP contribution in [0.3, 0.4) is 0 Å². The van der Waals surface area contributed by atoms with E-state index < -0.39 is 15.9 Å². The van der Waals surface area contributed by atoms with E-state index in [1.165, 1.54) is 0 Å². The van der Waals surface area contributed by atoms with Crippen molar-refractivity contribution in [1.29, 1.82) is 0 Å². The van der Waals surface area contributed by atoms with Crippen LogP contribution in [-0.4, -0.2) is 25.6 Å². The van der Waals surface area contributed by atoms with Crippen LogP contribution < -0.4 is 4.72 Å². The Bertz CT molecular complexity index is 768. The van der Waals surface area contributed by atoms with Crippen LogP contribution in [0.4, 0.5) is 0 Å². The number of hydrogen-bond acceptors (Lipinski definition) is 3. The number of nitrogens with one attached hydrogen (secondary N) is 2. The zero-order chi connectivity index (χ0) is 14.9. The van der Waals surface area contributed by atoms with Gasteiger partial charge in [0.15, 0.2) is 0 Å². The summed E-state index contributed by atoms with van der Waals surface area (Å²) in [5, 5.41) is 1.81. The van der Waals surface area contributed by atoms with Crippen LogP contribution in [0.25, 0.3) is 10.9 Å². The summed E-state index contributed by atoms with van der Waals surface area (Å²) in [5.74, 6) is -0.549. The van der Waals surface area contributed by atoms with E-state index in [4.69, 9.17) is 23.2 Å². The van der Waals surface area contributed by atoms with Crippen LogP contribution in [-0.2, 0) is 21.2 Å². The maximum Gasteiger partial charge on any atom is 0.233 e. The van der Waals surface area contributed by atoms with Crippen LogP contribution >= 0.6 is 23.2 Å². The van der Waals surface area contributed by atoms with Crippen molar-refractivity contribution >= 4 is 50.0 Å². The van der Waals surface area contributed by atoms with Crippen molar-refractivity contribution in [3.63, 3.8) is 0 Å². The second-order valence-electron chi connectivity index (χ2n) is 4.42. The molecule has 1 heterocycles. The number of aromatic amines is 1. The molecule has 1 aromatic carbocycles. The molecule has 20 heavy (non-hydrogen) atoms. The Hall–Kier alpha value is -1.24. The van der Waals surface area contributed by atoms with Crippen molar-refractivity contribution in [2.45, 2.75) is 12.8 Å². The Kier molecular flexibility index (Phi) is 4.27. The van der Waals surface area contributed by atoms with Crippen LogP contribution in [0, 0.1) is 0 Å². The molecule has 8 heteroatoms. The predicted molar refractivity (Wildman–Crippen MR) is 79.6 cm³/mol. The number of fused-ring (bicyclic) bond motifs is 1. The summed E-state index contributed by atoms with van der Waals surface area (Å²) >= 11 is 12.0. The van der Waals surface area contributed by atoms with Crippen LogP contribution in [0.15, 0.2) is 18.3 Å². The Morgan fingerprint density at radius 3 is 2.70 bits per heavy atom. The number of benzene rings is 1. The van der Waals surface area contributed by atoms with E-state index in [0.29, 0.717) is 16.5 Å². The Balaban J connectivity index is 2.17. The number of carbonyl (C=O) groups is 1. The van der Waals surface area contributed by atoms with Gasteiger partial charge < -0.3 is 4.98 Å². The molecule has 108 valence electrons. The molecule has 0 atom stereocenters. The number of amides is 1. The highest BCUT2D eigenvalue weighted by molar-refractivity contribution is 7.89. The molecule has 1 aromatic heterocycles. The summed E-state index contributed by atoms with van der Waals surface area (Å²) < 4.78 is 23.8. The number of hydrogen-bond donors (Lipinski definition) is 2. The molecule has 1 amide bonds. The van der Waals surface area contributed by atoms with Gasteiger partial charge in [-0.2, -0.15) is 0 Å². The lowest BCUT2D eigenvalue weighted by atomic mass is 10.1. The molecule has 0 aliphatic rings. The average Bonchev–Trinajstić information content (AvgIpc) is 2.67. The number of aryl methyl sites for hydroxylation is 1. The van der Waals surface area contributed by atoms with E-state index in [1.54, 1.807) is 18.3 Å². The van der Waals surface area contributed by atoms with Crippen molar-refractivity contribution in [3.05, 3.63) is 33.9 Å². The smallest absolute Gasteiger partial charge is 0.233 e. The molecule has 0 aliphatic carbocycles. The first-order valence-corrected chi connectivity index (χ1v) is 8.36. The number of aromatic nitrogens is 1. The molecular weight excluding hydrogens is 323 g/mol. The Labute approximate surface area is 126 Å². The van der Waals surface area contributed by atoms with Crippen LogP contribution in [0.1, 0.15) is 12.0 Å². The van der Waals surface area contributed by atoms with Gasteiger partial charge in [-0.3, -0.25) is 9.52 Å². The standard InChI is InChI=1S/C12H12Cl2N2O3S/c1-20(18,19)16-11(17)3-2-7-6-15-10-5-8(13)4-9(14)12(7)10/h4-6,15H,2-3H2,1H3,(H,16,17). The number of H-pyrrole nitrogens is 1. The van der Waals surface area contributed by atoms with Gasteiger partial charge >= 0.3 is 0 Å². The summed E-state index contributed by atoms with van der Waals surface area (Å²) in [4.78, 5) is 14.5. The highest BCUT2D eigenvalue weighted by Gasteiger charge is 2.12. The topological polar surface area (TPSA) is 79.0 Å². The lowest BCUT2D eigenvalue weighted by Gasteiger charge is -2.03. The van der Waals surface area contributed by atoms with E-state index in [1.807, 2.05) is 4.72 Å². The van der Waals surface area contributed by atoms with Gasteiger partial charge in [-0.15, -0.1) is 0 Å². The highest BCUT2D eigenvalue weighted by Crippen LogP contribution is 2.30. The second-order valence-corrected chi connectivity index (χ2v) is 7.01. The predicted octanol–water partition coefficient (Wildman–Crippen LogP) is 2.48. The maximum absolute atomic E-state index is 11.5. The molecule has 0 unspecified atom stereocenters. The third kappa shape index (κ3) is 3.65. The average molecular weight is 335 g/mol. The summed E-state index contributed by atoms with van der Waals surface area (Å²) in [6.07, 6.45) is 3.11. The molecule has 0 saturated carbocycles. The van der Waals surface area contributed by atoms with E-state index in [2.05, 4.69) is 4.98 Å². The maximum atomic E-state index is 11.5. The van der Waals surface area contributed by atoms with Gasteiger partial charge in [0.05, 0.1) is 11.3 Å². The molecule has 0 aliphatic heterocycles. The molecule has 2 N–H and O–H groups in total. The zero-order valence-electron chi connectivity index (χ0n) is 10.5. The molecular formula is C12H12Cl2N2O3S. The van der Waals surface area contributed by atoms with E-state index in [9.17, 15) is 13.2 Å². The normalized spacial score (nSPS) is 11.8. The SMILES string of the molecule is CS(=O)(=O)NC(=O)CCc1c[nH]c2cc(Cl)cc(Cl)c12. The first-order valence-electron chi connectivity index (χ1n) is 5.72. The third-order valence-electron chi connectivity index (χ3n) is 2.70. The first-order chi connectivity index (χ1) is 9.26. The molecule has 0 fully saturated rings. The van der Waals surface area contributed by atoms with Gasteiger partial charge in [-0.05, 0) is 24.1 Å². The van der Waals surface area contributed by atoms with Crippen molar-refractivity contribution < 1.29 is 13.2 Å². The van der Waals surface area contributed by atoms with Crippen molar-refractivity contribution in [3.8, 4) is 0 Å².